The fraction of sp³-hybridized carbons (Fsp3) is 0.929. The molecular formula is C28H48ClNO. The van der Waals surface area contributed by atoms with Crippen LogP contribution in [0, 0.1) is 40.9 Å². The van der Waals surface area contributed by atoms with Crippen molar-refractivity contribution in [2.45, 2.75) is 122 Å². The van der Waals surface area contributed by atoms with E-state index < -0.39 is 0 Å². The van der Waals surface area contributed by atoms with Crippen molar-refractivity contribution in [3.8, 4) is 0 Å². The van der Waals surface area contributed by atoms with Crippen molar-refractivity contribution in [2.75, 3.05) is 0 Å². The molecule has 0 saturated heterocycles. The van der Waals surface area contributed by atoms with Gasteiger partial charge >= 0.3 is 0 Å². The highest BCUT2D eigenvalue weighted by Crippen LogP contribution is 2.59. The summed E-state index contributed by atoms with van der Waals surface area (Å²) in [5.74, 6) is 4.02. The lowest BCUT2D eigenvalue weighted by Gasteiger charge is -2.42. The van der Waals surface area contributed by atoms with Crippen LogP contribution in [0.15, 0.2) is 12.2 Å². The summed E-state index contributed by atoms with van der Waals surface area (Å²) in [4.78, 5) is 0. The highest BCUT2D eigenvalue weighted by atomic mass is 35.5. The van der Waals surface area contributed by atoms with Crippen molar-refractivity contribution >= 4 is 11.6 Å². The molecule has 10 atom stereocenters. The van der Waals surface area contributed by atoms with Gasteiger partial charge in [-0.3, -0.25) is 0 Å². The minimum atomic E-state index is -0.0950. The predicted octanol–water partition coefficient (Wildman–Crippen LogP) is 6.95. The Hall–Kier alpha value is -0.0500. The first-order chi connectivity index (χ1) is 14.8. The van der Waals surface area contributed by atoms with Crippen LogP contribution in [-0.2, 0) is 0 Å². The highest BCUT2D eigenvalue weighted by Gasteiger charge is 2.54. The van der Waals surface area contributed by atoms with E-state index in [0.29, 0.717) is 40.6 Å². The quantitative estimate of drug-likeness (QED) is 0.351. The van der Waals surface area contributed by atoms with Crippen LogP contribution in [0.4, 0.5) is 0 Å². The van der Waals surface area contributed by atoms with Crippen molar-refractivity contribution in [1.82, 2.24) is 5.32 Å². The molecule has 0 heterocycles. The Morgan fingerprint density at radius 2 is 1.71 bits per heavy atom. The average Bonchev–Trinajstić information content (AvgIpc) is 2.93. The molecule has 10 unspecified atom stereocenters. The van der Waals surface area contributed by atoms with Gasteiger partial charge in [0, 0.05) is 17.5 Å². The summed E-state index contributed by atoms with van der Waals surface area (Å²) in [6, 6.07) is 1.17. The average molecular weight is 450 g/mol. The van der Waals surface area contributed by atoms with Gasteiger partial charge in [-0.25, -0.2) is 0 Å². The summed E-state index contributed by atoms with van der Waals surface area (Å²) in [7, 11) is 0. The number of hydrogen-bond donors (Lipinski definition) is 2. The molecule has 0 spiro atoms. The van der Waals surface area contributed by atoms with Crippen LogP contribution in [0.25, 0.3) is 0 Å². The Morgan fingerprint density at radius 1 is 1.00 bits per heavy atom. The second-order valence-corrected chi connectivity index (χ2v) is 12.9. The monoisotopic (exact) mass is 449 g/mol. The van der Waals surface area contributed by atoms with Crippen LogP contribution in [0.2, 0.25) is 0 Å². The first-order valence-electron chi connectivity index (χ1n) is 13.6. The third-order valence-electron chi connectivity index (χ3n) is 10.2. The molecule has 0 aliphatic heterocycles. The largest absolute Gasteiger partial charge is 0.393 e. The van der Waals surface area contributed by atoms with E-state index in [4.69, 9.17) is 11.6 Å². The smallest absolute Gasteiger partial charge is 0.0573 e. The van der Waals surface area contributed by atoms with Gasteiger partial charge in [0.15, 0.2) is 0 Å². The van der Waals surface area contributed by atoms with Gasteiger partial charge in [-0.1, -0.05) is 65.5 Å². The van der Waals surface area contributed by atoms with E-state index in [9.17, 15) is 5.11 Å². The van der Waals surface area contributed by atoms with Crippen LogP contribution in [0.3, 0.4) is 0 Å². The third-order valence-corrected chi connectivity index (χ3v) is 10.7. The molecule has 2 N–H and O–H groups in total. The topological polar surface area (TPSA) is 32.3 Å². The normalized spacial score (nSPS) is 46.7. The lowest BCUT2D eigenvalue weighted by atomic mass is 9.68. The van der Waals surface area contributed by atoms with Gasteiger partial charge < -0.3 is 10.4 Å². The Kier molecular flexibility index (Phi) is 7.82. The number of aliphatic hydroxyl groups is 1. The second kappa shape index (κ2) is 10.1. The first kappa shape index (κ1) is 24.1. The van der Waals surface area contributed by atoms with E-state index in [1.807, 2.05) is 0 Å². The highest BCUT2D eigenvalue weighted by molar-refractivity contribution is 6.21. The molecule has 4 fully saturated rings. The van der Waals surface area contributed by atoms with Gasteiger partial charge in [0.2, 0.25) is 0 Å². The number of rotatable bonds is 5. The maximum Gasteiger partial charge on any atom is 0.0573 e. The third kappa shape index (κ3) is 5.07. The van der Waals surface area contributed by atoms with Crippen molar-refractivity contribution in [2.24, 2.45) is 40.9 Å². The molecule has 4 aliphatic carbocycles. The summed E-state index contributed by atoms with van der Waals surface area (Å²) in [6.07, 6.45) is 18.7. The maximum absolute atomic E-state index is 10.5. The molecule has 4 aliphatic rings. The number of fused-ring (bicyclic) bond motifs is 1. The molecular weight excluding hydrogens is 402 g/mol. The second-order valence-electron chi connectivity index (χ2n) is 12.3. The van der Waals surface area contributed by atoms with Crippen LogP contribution in [0.1, 0.15) is 98.3 Å². The number of nitrogens with one attached hydrogen (secondary N) is 1. The Bertz CT molecular complexity index is 618. The molecule has 0 aromatic rings. The van der Waals surface area contributed by atoms with Crippen LogP contribution < -0.4 is 5.32 Å². The summed E-state index contributed by atoms with van der Waals surface area (Å²) in [5.41, 5.74) is 0.346. The van der Waals surface area contributed by atoms with Crippen molar-refractivity contribution < 1.29 is 5.11 Å². The van der Waals surface area contributed by atoms with Gasteiger partial charge in [-0.2, -0.15) is 0 Å². The Labute approximate surface area is 197 Å². The fourth-order valence-corrected chi connectivity index (χ4v) is 8.56. The maximum atomic E-state index is 10.5. The number of alkyl halides is 1. The fourth-order valence-electron chi connectivity index (χ4n) is 8.21. The molecule has 4 rings (SSSR count). The molecule has 0 amide bonds. The van der Waals surface area contributed by atoms with Gasteiger partial charge in [-0.15, -0.1) is 11.6 Å². The van der Waals surface area contributed by atoms with Crippen LogP contribution in [-0.4, -0.2) is 28.7 Å². The summed E-state index contributed by atoms with van der Waals surface area (Å²) in [5, 5.41) is 14.8. The Morgan fingerprint density at radius 3 is 2.45 bits per heavy atom. The molecule has 0 bridgehead atoms. The molecule has 0 radical (unpaired) electrons. The molecule has 3 heteroatoms. The number of hydrogen-bond acceptors (Lipinski definition) is 2. The zero-order valence-corrected chi connectivity index (χ0v) is 21.3. The van der Waals surface area contributed by atoms with Gasteiger partial charge in [0.1, 0.15) is 0 Å². The molecule has 2 nitrogen and oxygen atoms in total. The SMILES string of the molecule is CC(/C=C\C1C(C)C2CCC(NC3CCCCC3Cl)CC2C1(C)C)C1CCCCC1O. The number of aliphatic hydroxyl groups excluding tert-OH is 1. The van der Waals surface area contributed by atoms with Gasteiger partial charge in [0.05, 0.1) is 6.10 Å². The molecule has 178 valence electrons. The minimum absolute atomic E-state index is 0.0950. The lowest BCUT2D eigenvalue weighted by Crippen LogP contribution is -2.48. The predicted molar refractivity (Wildman–Crippen MR) is 132 cm³/mol. The van der Waals surface area contributed by atoms with E-state index in [-0.39, 0.29) is 6.10 Å². The van der Waals surface area contributed by atoms with E-state index in [1.165, 1.54) is 64.2 Å². The summed E-state index contributed by atoms with van der Waals surface area (Å²) in [6.45, 7) is 9.93. The van der Waals surface area contributed by atoms with E-state index in [1.54, 1.807) is 0 Å². The van der Waals surface area contributed by atoms with Crippen molar-refractivity contribution in [3.05, 3.63) is 12.2 Å². The first-order valence-corrected chi connectivity index (χ1v) is 14.0. The van der Waals surface area contributed by atoms with E-state index in [2.05, 4.69) is 45.2 Å². The van der Waals surface area contributed by atoms with Crippen molar-refractivity contribution in [3.63, 3.8) is 0 Å². The summed E-state index contributed by atoms with van der Waals surface area (Å²) >= 11 is 6.67. The van der Waals surface area contributed by atoms with Gasteiger partial charge in [-0.05, 0) is 85.9 Å². The Balaban J connectivity index is 1.40. The van der Waals surface area contributed by atoms with Crippen LogP contribution in [0.5, 0.6) is 0 Å². The molecule has 4 saturated carbocycles. The minimum Gasteiger partial charge on any atom is -0.393 e. The number of allylic oxidation sites excluding steroid dienone is 2. The van der Waals surface area contributed by atoms with Crippen LogP contribution >= 0.6 is 11.6 Å². The molecule has 0 aromatic carbocycles. The van der Waals surface area contributed by atoms with E-state index >= 15 is 0 Å². The zero-order valence-electron chi connectivity index (χ0n) is 20.5. The molecule has 31 heavy (non-hydrogen) atoms. The zero-order chi connectivity index (χ0) is 22.2. The van der Waals surface area contributed by atoms with Crippen molar-refractivity contribution in [1.29, 1.82) is 0 Å². The summed E-state index contributed by atoms with van der Waals surface area (Å²) < 4.78 is 0. The lowest BCUT2D eigenvalue weighted by molar-refractivity contribution is 0.0515. The number of halogens is 1. The molecule has 0 aromatic heterocycles. The standard InChI is InChI=1S/C28H48ClNO/c1-18(21-9-5-8-12-27(21)31)13-16-23-19(2)22-15-14-20(17-24(22)28(23,3)4)30-26-11-7-6-10-25(26)29/h13,16,18-27,30-31H,5-12,14-15,17H2,1-4H3/b16-13-. The van der Waals surface area contributed by atoms with Gasteiger partial charge in [0.25, 0.3) is 0 Å². The van der Waals surface area contributed by atoms with E-state index in [0.717, 1.165) is 24.2 Å².